The summed E-state index contributed by atoms with van der Waals surface area (Å²) in [7, 11) is 0. The van der Waals surface area contributed by atoms with Gasteiger partial charge in [0.15, 0.2) is 6.10 Å². The van der Waals surface area contributed by atoms with Gasteiger partial charge in [-0.25, -0.2) is 14.6 Å². The van der Waals surface area contributed by atoms with E-state index in [2.05, 4.69) is 11.5 Å². The normalized spacial score (nSPS) is 13.6. The highest BCUT2D eigenvalue weighted by Crippen LogP contribution is 2.40. The maximum atomic E-state index is 13.1. The molecular weight excluding hydrogens is 502 g/mol. The van der Waals surface area contributed by atoms with E-state index in [4.69, 9.17) is 9.72 Å². The first-order chi connectivity index (χ1) is 19.5. The maximum Gasteiger partial charge on any atom is 0.408 e. The zero-order valence-electron chi connectivity index (χ0n) is 22.1. The Labute approximate surface area is 232 Å². The third-order valence-electron chi connectivity index (χ3n) is 7.31. The number of pyridine rings is 1. The lowest BCUT2D eigenvalue weighted by molar-refractivity contribution is 0.0697. The van der Waals surface area contributed by atoms with E-state index in [0.717, 1.165) is 52.1 Å². The molecule has 200 valence electrons. The summed E-state index contributed by atoms with van der Waals surface area (Å²) in [5.41, 5.74) is 7.10. The molecule has 2 heterocycles. The zero-order chi connectivity index (χ0) is 27.6. The minimum Gasteiger partial charge on any atom is -0.478 e. The fourth-order valence-electron chi connectivity index (χ4n) is 5.00. The van der Waals surface area contributed by atoms with Crippen LogP contribution >= 0.6 is 0 Å². The van der Waals surface area contributed by atoms with Crippen LogP contribution in [0.25, 0.3) is 16.8 Å². The molecule has 1 amide bonds. The van der Waals surface area contributed by atoms with Crippen LogP contribution in [0.4, 0.5) is 4.79 Å². The van der Waals surface area contributed by atoms with Crippen molar-refractivity contribution in [1.29, 1.82) is 0 Å². The van der Waals surface area contributed by atoms with Gasteiger partial charge in [-0.1, -0.05) is 78.9 Å². The molecule has 7 heteroatoms. The summed E-state index contributed by atoms with van der Waals surface area (Å²) in [4.78, 5) is 29.8. The van der Waals surface area contributed by atoms with Gasteiger partial charge in [-0.05, 0) is 59.7 Å². The van der Waals surface area contributed by atoms with Crippen molar-refractivity contribution in [3.63, 3.8) is 0 Å². The molecule has 6 rings (SSSR count). The largest absolute Gasteiger partial charge is 0.478 e. The smallest absolute Gasteiger partial charge is 0.408 e. The number of carbonyl (C=O) groups is 2. The van der Waals surface area contributed by atoms with E-state index in [1.807, 2.05) is 84.1 Å². The van der Waals surface area contributed by atoms with E-state index < -0.39 is 18.2 Å². The fourth-order valence-corrected chi connectivity index (χ4v) is 5.00. The van der Waals surface area contributed by atoms with Crippen LogP contribution in [0.3, 0.4) is 0 Å². The molecule has 1 atom stereocenters. The Morgan fingerprint density at radius 3 is 2.42 bits per heavy atom. The van der Waals surface area contributed by atoms with E-state index in [0.29, 0.717) is 18.0 Å². The van der Waals surface area contributed by atoms with Crippen LogP contribution in [-0.4, -0.2) is 26.6 Å². The number of fused-ring (bicyclic) bond motifs is 1. The number of alkyl carbamates (subject to hydrolysis) is 1. The van der Waals surface area contributed by atoms with Gasteiger partial charge >= 0.3 is 12.1 Å². The van der Waals surface area contributed by atoms with Gasteiger partial charge in [0.2, 0.25) is 0 Å². The van der Waals surface area contributed by atoms with Gasteiger partial charge in [-0.2, -0.15) is 0 Å². The molecule has 1 unspecified atom stereocenters. The Morgan fingerprint density at radius 1 is 0.975 bits per heavy atom. The molecule has 0 radical (unpaired) electrons. The Balaban J connectivity index is 1.36. The zero-order valence-corrected chi connectivity index (χ0v) is 22.1. The van der Waals surface area contributed by atoms with Crippen molar-refractivity contribution in [1.82, 2.24) is 14.7 Å². The van der Waals surface area contributed by atoms with Gasteiger partial charge in [0, 0.05) is 18.7 Å². The highest BCUT2D eigenvalue weighted by atomic mass is 16.6. The molecule has 0 spiro atoms. The van der Waals surface area contributed by atoms with Crippen molar-refractivity contribution in [3.05, 3.63) is 131 Å². The Morgan fingerprint density at radius 2 is 1.70 bits per heavy atom. The van der Waals surface area contributed by atoms with Gasteiger partial charge in [0.05, 0.1) is 17.0 Å². The van der Waals surface area contributed by atoms with Crippen LogP contribution in [0, 0.1) is 6.92 Å². The number of hydrogen-bond acceptors (Lipinski definition) is 4. The number of nitrogens with zero attached hydrogens (tertiary/aromatic N) is 2. The second-order valence-corrected chi connectivity index (χ2v) is 10.2. The summed E-state index contributed by atoms with van der Waals surface area (Å²) < 4.78 is 8.13. The first-order valence-electron chi connectivity index (χ1n) is 13.4. The number of rotatable bonds is 8. The minimum atomic E-state index is -0.982. The molecule has 0 saturated heterocycles. The number of nitrogens with one attached hydrogen (secondary N) is 1. The number of aromatic carboxylic acids is 1. The summed E-state index contributed by atoms with van der Waals surface area (Å²) in [6.45, 7) is 2.37. The standard InChI is InChI=1S/C33H29N3O4/c1-21-11-18-29(36-20-28(24-14-15-24)35-31(21)36)30(40-33(39)34-19-22-7-3-2-4-8-22)25-16-12-23(13-17-25)26-9-5-6-10-27(26)32(37)38/h2-13,16-18,20,24,30H,14-15,19H2,1H3,(H,34,39)(H,37,38). The van der Waals surface area contributed by atoms with Crippen LogP contribution in [0.1, 0.15) is 63.3 Å². The molecule has 1 aliphatic carbocycles. The highest BCUT2D eigenvalue weighted by Gasteiger charge is 2.29. The van der Waals surface area contributed by atoms with Gasteiger partial charge in [-0.15, -0.1) is 0 Å². The van der Waals surface area contributed by atoms with E-state index in [1.54, 1.807) is 18.2 Å². The lowest BCUT2D eigenvalue weighted by Gasteiger charge is -2.21. The fraction of sp³-hybridized carbons (Fsp3) is 0.182. The number of carboxylic acids is 1. The van der Waals surface area contributed by atoms with Crippen LogP contribution < -0.4 is 5.32 Å². The molecule has 2 N–H and O–H groups in total. The van der Waals surface area contributed by atoms with Crippen LogP contribution in [0.15, 0.2) is 97.2 Å². The molecule has 0 bridgehead atoms. The van der Waals surface area contributed by atoms with Crippen molar-refractivity contribution in [2.75, 3.05) is 0 Å². The summed E-state index contributed by atoms with van der Waals surface area (Å²) >= 11 is 0. The van der Waals surface area contributed by atoms with Gasteiger partial charge in [0.25, 0.3) is 0 Å². The molecular formula is C33H29N3O4. The molecule has 7 nitrogen and oxygen atoms in total. The van der Waals surface area contributed by atoms with Crippen molar-refractivity contribution >= 4 is 17.7 Å². The van der Waals surface area contributed by atoms with E-state index >= 15 is 0 Å². The third-order valence-corrected chi connectivity index (χ3v) is 7.31. The van der Waals surface area contributed by atoms with Crippen LogP contribution in [0.2, 0.25) is 0 Å². The quantitative estimate of drug-likeness (QED) is 0.227. The SMILES string of the molecule is Cc1ccc(C(OC(=O)NCc2ccccc2)c2ccc(-c3ccccc3C(=O)O)cc2)n2cc(C3CC3)nc12. The first kappa shape index (κ1) is 25.4. The third kappa shape index (κ3) is 5.18. The summed E-state index contributed by atoms with van der Waals surface area (Å²) in [5, 5.41) is 12.5. The minimum absolute atomic E-state index is 0.231. The van der Waals surface area contributed by atoms with E-state index in [9.17, 15) is 14.7 Å². The second-order valence-electron chi connectivity index (χ2n) is 10.2. The number of imidazole rings is 1. The van der Waals surface area contributed by atoms with Crippen molar-refractivity contribution < 1.29 is 19.4 Å². The molecule has 2 aromatic heterocycles. The number of carboxylic acid groups (broad SMARTS) is 1. The average Bonchev–Trinajstić information content (AvgIpc) is 3.74. The monoisotopic (exact) mass is 531 g/mol. The summed E-state index contributed by atoms with van der Waals surface area (Å²) in [5.74, 6) is -0.501. The van der Waals surface area contributed by atoms with Crippen molar-refractivity contribution in [3.8, 4) is 11.1 Å². The predicted molar refractivity (Wildman–Crippen MR) is 152 cm³/mol. The molecule has 1 fully saturated rings. The average molecular weight is 532 g/mol. The molecule has 5 aromatic rings. The number of hydrogen-bond donors (Lipinski definition) is 2. The van der Waals surface area contributed by atoms with Crippen LogP contribution in [0.5, 0.6) is 0 Å². The molecule has 3 aromatic carbocycles. The number of amides is 1. The second kappa shape index (κ2) is 10.7. The van der Waals surface area contributed by atoms with Gasteiger partial charge in [0.1, 0.15) is 5.65 Å². The van der Waals surface area contributed by atoms with Crippen molar-refractivity contribution in [2.24, 2.45) is 0 Å². The predicted octanol–water partition coefficient (Wildman–Crippen LogP) is 6.90. The van der Waals surface area contributed by atoms with Crippen LogP contribution in [-0.2, 0) is 11.3 Å². The van der Waals surface area contributed by atoms with E-state index in [1.165, 1.54) is 0 Å². The number of aromatic nitrogens is 2. The van der Waals surface area contributed by atoms with E-state index in [-0.39, 0.29) is 5.56 Å². The lowest BCUT2D eigenvalue weighted by Crippen LogP contribution is -2.26. The number of carbonyl (C=O) groups excluding carboxylic acids is 1. The first-order valence-corrected chi connectivity index (χ1v) is 13.4. The number of benzene rings is 3. The summed E-state index contributed by atoms with van der Waals surface area (Å²) in [6.07, 6.45) is 3.08. The Kier molecular flexibility index (Phi) is 6.78. The molecule has 40 heavy (non-hydrogen) atoms. The summed E-state index contributed by atoms with van der Waals surface area (Å²) in [6, 6.07) is 28.1. The Hall–Kier alpha value is -4.91. The number of aryl methyl sites for hydroxylation is 1. The Bertz CT molecular complexity index is 1690. The number of ether oxygens (including phenoxy) is 1. The van der Waals surface area contributed by atoms with Gasteiger partial charge in [-0.3, -0.25) is 4.40 Å². The topological polar surface area (TPSA) is 92.9 Å². The van der Waals surface area contributed by atoms with Crippen molar-refractivity contribution in [2.45, 2.75) is 38.3 Å². The molecule has 0 aliphatic heterocycles. The highest BCUT2D eigenvalue weighted by molar-refractivity contribution is 5.96. The lowest BCUT2D eigenvalue weighted by atomic mass is 9.97. The van der Waals surface area contributed by atoms with Gasteiger partial charge < -0.3 is 15.2 Å². The molecule has 1 saturated carbocycles. The molecule has 1 aliphatic rings. The maximum absolute atomic E-state index is 13.1.